The van der Waals surface area contributed by atoms with Gasteiger partial charge in [-0.05, 0) is 25.1 Å². The van der Waals surface area contributed by atoms with Crippen molar-refractivity contribution in [3.63, 3.8) is 0 Å². The first kappa shape index (κ1) is 11.8. The molecule has 0 bridgehead atoms. The first-order chi connectivity index (χ1) is 7.04. The van der Waals surface area contributed by atoms with Gasteiger partial charge in [-0.3, -0.25) is 0 Å². The van der Waals surface area contributed by atoms with Crippen LogP contribution < -0.4 is 5.32 Å². The van der Waals surface area contributed by atoms with E-state index in [4.69, 9.17) is 11.6 Å². The molecule has 0 spiro atoms. The van der Waals surface area contributed by atoms with Crippen molar-refractivity contribution in [2.75, 3.05) is 12.4 Å². The molecule has 0 aromatic heterocycles. The Hall–Kier alpha value is -1.29. The van der Waals surface area contributed by atoms with E-state index in [1.807, 2.05) is 0 Å². The third-order valence-electron chi connectivity index (χ3n) is 1.86. The number of hydrogen-bond acceptors (Lipinski definition) is 3. The van der Waals surface area contributed by atoms with Crippen LogP contribution in [0.4, 0.5) is 10.1 Å². The number of carbonyl (C=O) groups is 1. The number of benzene rings is 1. The van der Waals surface area contributed by atoms with Gasteiger partial charge in [0.05, 0.1) is 12.8 Å². The lowest BCUT2D eigenvalue weighted by Crippen LogP contribution is -2.27. The Morgan fingerprint density at radius 2 is 2.27 bits per heavy atom. The number of hydrogen-bond donors (Lipinski definition) is 1. The minimum Gasteiger partial charge on any atom is -0.467 e. The quantitative estimate of drug-likeness (QED) is 0.813. The summed E-state index contributed by atoms with van der Waals surface area (Å²) in [6.45, 7) is 1.58. The van der Waals surface area contributed by atoms with Gasteiger partial charge in [-0.2, -0.15) is 0 Å². The molecular weight excluding hydrogens is 221 g/mol. The fourth-order valence-corrected chi connectivity index (χ4v) is 1.23. The molecule has 0 aliphatic carbocycles. The molecule has 0 fully saturated rings. The second kappa shape index (κ2) is 4.98. The second-order valence-corrected chi connectivity index (χ2v) is 3.45. The van der Waals surface area contributed by atoms with Crippen LogP contribution in [0.2, 0.25) is 5.02 Å². The van der Waals surface area contributed by atoms with E-state index >= 15 is 0 Å². The Labute approximate surface area is 92.2 Å². The van der Waals surface area contributed by atoms with Crippen molar-refractivity contribution in [2.45, 2.75) is 13.0 Å². The van der Waals surface area contributed by atoms with Gasteiger partial charge in [0.25, 0.3) is 0 Å². The van der Waals surface area contributed by atoms with Gasteiger partial charge < -0.3 is 10.1 Å². The molecular formula is C10H11ClFNO2. The number of anilines is 1. The molecule has 0 amide bonds. The van der Waals surface area contributed by atoms with Crippen molar-refractivity contribution in [1.29, 1.82) is 0 Å². The largest absolute Gasteiger partial charge is 0.467 e. The van der Waals surface area contributed by atoms with Gasteiger partial charge in [-0.15, -0.1) is 0 Å². The molecule has 0 saturated carbocycles. The molecule has 1 atom stereocenters. The highest BCUT2D eigenvalue weighted by Crippen LogP contribution is 2.19. The summed E-state index contributed by atoms with van der Waals surface area (Å²) < 4.78 is 17.8. The molecule has 0 aliphatic heterocycles. The van der Waals surface area contributed by atoms with E-state index in [0.717, 1.165) is 0 Å². The minimum absolute atomic E-state index is 0.220. The zero-order valence-electron chi connectivity index (χ0n) is 8.38. The number of rotatable bonds is 3. The van der Waals surface area contributed by atoms with E-state index in [-0.39, 0.29) is 5.69 Å². The molecule has 15 heavy (non-hydrogen) atoms. The predicted octanol–water partition coefficient (Wildman–Crippen LogP) is 2.45. The smallest absolute Gasteiger partial charge is 0.327 e. The Morgan fingerprint density at radius 3 is 2.80 bits per heavy atom. The Balaban J connectivity index is 2.76. The summed E-state index contributed by atoms with van der Waals surface area (Å²) in [5.74, 6) is -0.956. The van der Waals surface area contributed by atoms with Crippen molar-refractivity contribution >= 4 is 23.3 Å². The Kier molecular flexibility index (Phi) is 3.91. The van der Waals surface area contributed by atoms with Gasteiger partial charge in [0.1, 0.15) is 11.9 Å². The van der Waals surface area contributed by atoms with E-state index in [9.17, 15) is 9.18 Å². The van der Waals surface area contributed by atoms with Crippen LogP contribution in [-0.2, 0) is 9.53 Å². The highest BCUT2D eigenvalue weighted by atomic mass is 35.5. The average Bonchev–Trinajstić information content (AvgIpc) is 2.20. The molecule has 1 rings (SSSR count). The lowest BCUT2D eigenvalue weighted by Gasteiger charge is -2.13. The van der Waals surface area contributed by atoms with Crippen LogP contribution in [0.5, 0.6) is 0 Å². The summed E-state index contributed by atoms with van der Waals surface area (Å²) in [5, 5.41) is 2.99. The number of ether oxygens (including phenoxy) is 1. The second-order valence-electron chi connectivity index (χ2n) is 3.01. The predicted molar refractivity (Wildman–Crippen MR) is 56.5 cm³/mol. The lowest BCUT2D eigenvalue weighted by atomic mass is 10.2. The van der Waals surface area contributed by atoms with Crippen LogP contribution in [0.3, 0.4) is 0 Å². The van der Waals surface area contributed by atoms with Gasteiger partial charge in [-0.1, -0.05) is 11.6 Å². The molecule has 3 nitrogen and oxygen atoms in total. The van der Waals surface area contributed by atoms with Gasteiger partial charge in [0.2, 0.25) is 0 Å². The van der Waals surface area contributed by atoms with E-state index in [1.165, 1.54) is 25.3 Å². The summed E-state index contributed by atoms with van der Waals surface area (Å²) in [6, 6.07) is 3.58. The van der Waals surface area contributed by atoms with Crippen molar-refractivity contribution < 1.29 is 13.9 Å². The van der Waals surface area contributed by atoms with Crippen LogP contribution in [0.25, 0.3) is 0 Å². The van der Waals surface area contributed by atoms with Crippen molar-refractivity contribution in [1.82, 2.24) is 0 Å². The van der Waals surface area contributed by atoms with E-state index < -0.39 is 17.8 Å². The van der Waals surface area contributed by atoms with Gasteiger partial charge in [0.15, 0.2) is 0 Å². The molecule has 0 saturated heterocycles. The third kappa shape index (κ3) is 3.09. The molecule has 1 unspecified atom stereocenters. The summed E-state index contributed by atoms with van der Waals surface area (Å²) in [6.07, 6.45) is 0. The monoisotopic (exact) mass is 231 g/mol. The van der Waals surface area contributed by atoms with Crippen LogP contribution in [0, 0.1) is 5.82 Å². The topological polar surface area (TPSA) is 38.3 Å². The SMILES string of the molecule is COC(=O)C(C)Nc1ccc(Cl)cc1F. The summed E-state index contributed by atoms with van der Waals surface area (Å²) in [5.41, 5.74) is 0.220. The van der Waals surface area contributed by atoms with Crippen LogP contribution in [0.1, 0.15) is 6.92 Å². The normalized spacial score (nSPS) is 12.0. The molecule has 1 N–H and O–H groups in total. The maximum Gasteiger partial charge on any atom is 0.327 e. The van der Waals surface area contributed by atoms with Gasteiger partial charge >= 0.3 is 5.97 Å². The van der Waals surface area contributed by atoms with E-state index in [1.54, 1.807) is 6.92 Å². The number of nitrogens with one attached hydrogen (secondary N) is 1. The van der Waals surface area contributed by atoms with Crippen LogP contribution in [-0.4, -0.2) is 19.1 Å². The summed E-state index contributed by atoms with van der Waals surface area (Å²) in [7, 11) is 1.28. The zero-order valence-corrected chi connectivity index (χ0v) is 9.14. The molecule has 1 aromatic carbocycles. The van der Waals surface area contributed by atoms with Crippen molar-refractivity contribution in [2.24, 2.45) is 0 Å². The number of halogens is 2. The first-order valence-electron chi connectivity index (χ1n) is 4.34. The highest BCUT2D eigenvalue weighted by molar-refractivity contribution is 6.30. The van der Waals surface area contributed by atoms with Crippen LogP contribution in [0.15, 0.2) is 18.2 Å². The highest BCUT2D eigenvalue weighted by Gasteiger charge is 2.14. The minimum atomic E-state index is -0.606. The number of methoxy groups -OCH3 is 1. The number of esters is 1. The van der Waals surface area contributed by atoms with Crippen molar-refractivity contribution in [3.8, 4) is 0 Å². The van der Waals surface area contributed by atoms with Gasteiger partial charge in [0, 0.05) is 5.02 Å². The lowest BCUT2D eigenvalue weighted by molar-refractivity contribution is -0.141. The summed E-state index contributed by atoms with van der Waals surface area (Å²) in [4.78, 5) is 11.1. The fraction of sp³-hybridized carbons (Fsp3) is 0.300. The average molecular weight is 232 g/mol. The van der Waals surface area contributed by atoms with E-state index in [2.05, 4.69) is 10.1 Å². The molecule has 0 heterocycles. The maximum absolute atomic E-state index is 13.3. The van der Waals surface area contributed by atoms with Crippen LogP contribution >= 0.6 is 11.6 Å². The fourth-order valence-electron chi connectivity index (χ4n) is 1.08. The zero-order chi connectivity index (χ0) is 11.4. The molecule has 82 valence electrons. The maximum atomic E-state index is 13.3. The van der Waals surface area contributed by atoms with Gasteiger partial charge in [-0.25, -0.2) is 9.18 Å². The number of carbonyl (C=O) groups excluding carboxylic acids is 1. The molecule has 1 aromatic rings. The standard InChI is InChI=1S/C10H11ClFNO2/c1-6(10(14)15-2)13-9-4-3-7(11)5-8(9)12/h3-6,13H,1-2H3. The molecule has 0 aliphatic rings. The van der Waals surface area contributed by atoms with E-state index in [0.29, 0.717) is 5.02 Å². The van der Waals surface area contributed by atoms with Crippen molar-refractivity contribution in [3.05, 3.63) is 29.0 Å². The summed E-state index contributed by atoms with van der Waals surface area (Å²) >= 11 is 5.58. The molecule has 5 heteroatoms. The third-order valence-corrected chi connectivity index (χ3v) is 2.09. The Bertz CT molecular complexity index is 370. The Morgan fingerprint density at radius 1 is 1.60 bits per heavy atom. The molecule has 0 radical (unpaired) electrons. The first-order valence-corrected chi connectivity index (χ1v) is 4.72.